The van der Waals surface area contributed by atoms with Crippen molar-refractivity contribution in [3.63, 3.8) is 0 Å². The van der Waals surface area contributed by atoms with Crippen LogP contribution in [0.2, 0.25) is 0 Å². The molecule has 0 aliphatic rings. The highest BCUT2D eigenvalue weighted by Crippen LogP contribution is 2.29. The molecule has 0 fully saturated rings. The van der Waals surface area contributed by atoms with Crippen LogP contribution in [0, 0.1) is 0 Å². The average Bonchev–Trinajstić information content (AvgIpc) is 2.68. The van der Waals surface area contributed by atoms with Gasteiger partial charge in [-0.3, -0.25) is 9.59 Å². The van der Waals surface area contributed by atoms with E-state index in [0.717, 1.165) is 18.4 Å². The van der Waals surface area contributed by atoms with Crippen molar-refractivity contribution < 1.29 is 35.9 Å². The maximum Gasteiger partial charge on any atom is 0.416 e. The fourth-order valence-corrected chi connectivity index (χ4v) is 3.74. The summed E-state index contributed by atoms with van der Waals surface area (Å²) in [6.07, 6.45) is -3.79. The number of nitrogens with two attached hydrogens (primary N) is 1. The van der Waals surface area contributed by atoms with Crippen molar-refractivity contribution in [2.24, 2.45) is 5.73 Å². The normalized spacial score (nSPS) is 12.8. The molecule has 1 unspecified atom stereocenters. The first-order chi connectivity index (χ1) is 14.3. The van der Waals surface area contributed by atoms with Crippen molar-refractivity contribution in [2.75, 3.05) is 13.4 Å². The Balaban J connectivity index is 2.19. The lowest BCUT2D eigenvalue weighted by Crippen LogP contribution is -2.37. The lowest BCUT2D eigenvalue weighted by atomic mass is 10.0. The van der Waals surface area contributed by atoms with Crippen LogP contribution in [0.4, 0.5) is 13.2 Å². The maximum absolute atomic E-state index is 12.6. The third-order valence-electron chi connectivity index (χ3n) is 4.50. The summed E-state index contributed by atoms with van der Waals surface area (Å²) >= 11 is 0. The van der Waals surface area contributed by atoms with E-state index in [0.29, 0.717) is 11.1 Å². The first-order valence-electron chi connectivity index (χ1n) is 8.92. The number of carbonyl (C=O) groups is 2. The van der Waals surface area contributed by atoms with E-state index in [4.69, 9.17) is 10.5 Å². The Morgan fingerprint density at radius 1 is 1.10 bits per heavy atom. The van der Waals surface area contributed by atoms with Crippen molar-refractivity contribution in [3.8, 4) is 5.75 Å². The van der Waals surface area contributed by atoms with Crippen LogP contribution in [0.1, 0.15) is 27.0 Å². The third kappa shape index (κ3) is 6.45. The molecule has 168 valence electrons. The van der Waals surface area contributed by atoms with Gasteiger partial charge in [0.05, 0.1) is 18.2 Å². The van der Waals surface area contributed by atoms with Gasteiger partial charge in [0, 0.05) is 12.8 Å². The topological polar surface area (TPSA) is 116 Å². The molecule has 0 radical (unpaired) electrons. The molecule has 0 aliphatic heterocycles. The highest BCUT2D eigenvalue weighted by atomic mass is 32.2. The van der Waals surface area contributed by atoms with Gasteiger partial charge < -0.3 is 15.8 Å². The summed E-state index contributed by atoms with van der Waals surface area (Å²) in [5.41, 5.74) is 5.27. The van der Waals surface area contributed by atoms with Crippen molar-refractivity contribution >= 4 is 21.7 Å². The van der Waals surface area contributed by atoms with Crippen molar-refractivity contribution in [2.45, 2.75) is 24.4 Å². The van der Waals surface area contributed by atoms with E-state index < -0.39 is 38.6 Å². The quantitative estimate of drug-likeness (QED) is 0.629. The number of amides is 2. The van der Waals surface area contributed by atoms with E-state index in [1.807, 2.05) is 0 Å². The number of hydrogen-bond acceptors (Lipinski definition) is 5. The Kier molecular flexibility index (Phi) is 7.32. The minimum Gasteiger partial charge on any atom is -0.496 e. The van der Waals surface area contributed by atoms with E-state index >= 15 is 0 Å². The minimum absolute atomic E-state index is 0.0440. The molecule has 2 rings (SSSR count). The number of methoxy groups -OCH3 is 1. The molecule has 0 saturated heterocycles. The predicted molar refractivity (Wildman–Crippen MR) is 107 cm³/mol. The van der Waals surface area contributed by atoms with Crippen molar-refractivity contribution in [3.05, 3.63) is 64.7 Å². The van der Waals surface area contributed by atoms with Gasteiger partial charge in [0.2, 0.25) is 5.91 Å². The van der Waals surface area contributed by atoms with Crippen LogP contribution in [0.5, 0.6) is 5.75 Å². The average molecular weight is 458 g/mol. The Hall–Kier alpha value is -3.08. The molecule has 0 spiro atoms. The van der Waals surface area contributed by atoms with E-state index in [-0.39, 0.29) is 24.3 Å². The van der Waals surface area contributed by atoms with Crippen LogP contribution < -0.4 is 15.8 Å². The number of rotatable bonds is 8. The molecule has 31 heavy (non-hydrogen) atoms. The van der Waals surface area contributed by atoms with Crippen LogP contribution in [0.25, 0.3) is 0 Å². The van der Waals surface area contributed by atoms with Gasteiger partial charge in [-0.2, -0.15) is 13.2 Å². The second-order valence-corrected chi connectivity index (χ2v) is 9.06. The number of primary amides is 1. The molecule has 0 aromatic heterocycles. The van der Waals surface area contributed by atoms with Gasteiger partial charge in [0.25, 0.3) is 5.91 Å². The molecule has 0 aliphatic carbocycles. The smallest absolute Gasteiger partial charge is 0.416 e. The molecule has 3 N–H and O–H groups in total. The van der Waals surface area contributed by atoms with E-state index in [1.54, 1.807) is 0 Å². The van der Waals surface area contributed by atoms with Gasteiger partial charge in [-0.05, 0) is 41.8 Å². The number of halogens is 3. The molecule has 0 bridgehead atoms. The summed E-state index contributed by atoms with van der Waals surface area (Å²) in [5.74, 6) is -1.40. The number of alkyl halides is 3. The fourth-order valence-electron chi connectivity index (χ4n) is 2.83. The van der Waals surface area contributed by atoms with Gasteiger partial charge in [0.15, 0.2) is 9.84 Å². The summed E-state index contributed by atoms with van der Waals surface area (Å²) in [6.45, 7) is -0.0440. The number of ether oxygens (including phenoxy) is 1. The molecule has 7 nitrogen and oxygen atoms in total. The zero-order valence-corrected chi connectivity index (χ0v) is 17.5. The zero-order chi connectivity index (χ0) is 23.4. The van der Waals surface area contributed by atoms with Crippen LogP contribution in [-0.2, 0) is 33.8 Å². The third-order valence-corrected chi connectivity index (χ3v) is 5.93. The van der Waals surface area contributed by atoms with Gasteiger partial charge in [-0.25, -0.2) is 8.42 Å². The van der Waals surface area contributed by atoms with Crippen LogP contribution >= 0.6 is 0 Å². The predicted octanol–water partition coefficient (Wildman–Crippen LogP) is 2.09. The summed E-state index contributed by atoms with van der Waals surface area (Å²) in [4.78, 5) is 24.1. The Morgan fingerprint density at radius 3 is 2.16 bits per heavy atom. The molecule has 2 aromatic rings. The molecule has 0 saturated carbocycles. The molecule has 2 aromatic carbocycles. The highest BCUT2D eigenvalue weighted by molar-refractivity contribution is 7.92. The first-order valence-corrected chi connectivity index (χ1v) is 10.9. The van der Waals surface area contributed by atoms with Crippen molar-refractivity contribution in [1.82, 2.24) is 5.32 Å². The lowest BCUT2D eigenvalue weighted by Gasteiger charge is -2.14. The molecule has 0 heterocycles. The summed E-state index contributed by atoms with van der Waals surface area (Å²) in [7, 11) is -2.42. The van der Waals surface area contributed by atoms with E-state index in [1.165, 1.54) is 37.4 Å². The minimum atomic E-state index is -4.45. The molecule has 2 amide bonds. The lowest BCUT2D eigenvalue weighted by molar-refractivity contribution is -0.137. The SMILES string of the molecule is COc1ccc(CC(C(N)=O)S(C)(=O)=O)cc1C(=O)NCc1ccc(C(F)(F)F)cc1. The standard InChI is InChI=1S/C20H21F3N2O5S/c1-30-16-8-5-13(10-17(18(24)26)31(2,28)29)9-15(16)19(27)25-11-12-3-6-14(7-4-12)20(21,22)23/h3-9,17H,10-11H2,1-2H3,(H2,24,26)(H,25,27). The number of hydrogen-bond donors (Lipinski definition) is 2. The van der Waals surface area contributed by atoms with E-state index in [2.05, 4.69) is 5.32 Å². The highest BCUT2D eigenvalue weighted by Gasteiger charge is 2.30. The second kappa shape index (κ2) is 9.38. The monoisotopic (exact) mass is 458 g/mol. The second-order valence-electron chi connectivity index (χ2n) is 6.84. The molecular weight excluding hydrogens is 437 g/mol. The van der Waals surface area contributed by atoms with Gasteiger partial charge in [-0.1, -0.05) is 18.2 Å². The summed E-state index contributed by atoms with van der Waals surface area (Å²) in [6, 6.07) is 8.66. The van der Waals surface area contributed by atoms with Gasteiger partial charge in [0.1, 0.15) is 11.0 Å². The Bertz CT molecular complexity index is 1070. The summed E-state index contributed by atoms with van der Waals surface area (Å²) < 4.78 is 66.6. The first kappa shape index (κ1) is 24.2. The number of sulfone groups is 1. The van der Waals surface area contributed by atoms with Gasteiger partial charge >= 0.3 is 6.18 Å². The zero-order valence-electron chi connectivity index (χ0n) is 16.7. The fraction of sp³-hybridized carbons (Fsp3) is 0.300. The molecule has 1 atom stereocenters. The number of nitrogens with one attached hydrogen (secondary N) is 1. The van der Waals surface area contributed by atoms with Crippen LogP contribution in [-0.4, -0.2) is 38.8 Å². The van der Waals surface area contributed by atoms with Gasteiger partial charge in [-0.15, -0.1) is 0 Å². The largest absolute Gasteiger partial charge is 0.496 e. The van der Waals surface area contributed by atoms with Crippen LogP contribution in [0.3, 0.4) is 0 Å². The summed E-state index contributed by atoms with van der Waals surface area (Å²) in [5, 5.41) is 1.12. The Labute approximate surface area is 177 Å². The van der Waals surface area contributed by atoms with Crippen LogP contribution in [0.15, 0.2) is 42.5 Å². The molecule has 11 heteroatoms. The van der Waals surface area contributed by atoms with E-state index in [9.17, 15) is 31.2 Å². The maximum atomic E-state index is 12.6. The van der Waals surface area contributed by atoms with Crippen molar-refractivity contribution in [1.29, 1.82) is 0 Å². The molecular formula is C20H21F3N2O5S. The Morgan fingerprint density at radius 2 is 1.68 bits per heavy atom. The number of benzene rings is 2. The number of carbonyl (C=O) groups excluding carboxylic acids is 2.